The van der Waals surface area contributed by atoms with Crippen LogP contribution >= 0.6 is 22.9 Å². The number of methoxy groups -OCH3 is 1. The van der Waals surface area contributed by atoms with Gasteiger partial charge in [-0.1, -0.05) is 59.3 Å². The van der Waals surface area contributed by atoms with Crippen LogP contribution in [0.15, 0.2) is 87.8 Å². The molecule has 1 aliphatic rings. The number of thiazole rings is 1. The molecule has 0 spiro atoms. The minimum Gasteiger partial charge on any atom is -0.497 e. The number of carbonyl (C=O) groups is 1. The molecule has 10 heteroatoms. The Morgan fingerprint density at radius 3 is 2.49 bits per heavy atom. The lowest BCUT2D eigenvalue weighted by molar-refractivity contribution is -0.139. The quantitative estimate of drug-likeness (QED) is 0.220. The van der Waals surface area contributed by atoms with Crippen molar-refractivity contribution in [3.8, 4) is 17.2 Å². The van der Waals surface area contributed by atoms with Crippen molar-refractivity contribution >= 4 is 35.0 Å². The topological polar surface area (TPSA) is 88.4 Å². The maximum atomic E-state index is 13.9. The van der Waals surface area contributed by atoms with Gasteiger partial charge in [0, 0.05) is 10.6 Å². The number of aromatic nitrogens is 1. The second kappa shape index (κ2) is 13.3. The molecule has 0 amide bonds. The summed E-state index contributed by atoms with van der Waals surface area (Å²) in [6.07, 6.45) is 1.79. The number of hydrogen-bond acceptors (Lipinski definition) is 8. The average molecular weight is 619 g/mol. The van der Waals surface area contributed by atoms with E-state index in [0.717, 1.165) is 16.7 Å². The Balaban J connectivity index is 1.56. The molecule has 5 rings (SSSR count). The number of hydrogen-bond donors (Lipinski definition) is 0. The smallest absolute Gasteiger partial charge is 0.338 e. The molecule has 0 saturated carbocycles. The summed E-state index contributed by atoms with van der Waals surface area (Å²) < 4.78 is 24.6. The summed E-state index contributed by atoms with van der Waals surface area (Å²) in [6.45, 7) is 6.32. The van der Waals surface area contributed by atoms with E-state index in [1.165, 1.54) is 11.3 Å². The molecule has 0 aliphatic carbocycles. The summed E-state index contributed by atoms with van der Waals surface area (Å²) in [7, 11) is 1.58. The minimum atomic E-state index is -0.706. The first-order chi connectivity index (χ1) is 20.8. The second-order valence-electron chi connectivity index (χ2n) is 9.59. The summed E-state index contributed by atoms with van der Waals surface area (Å²) in [5, 5.41) is 0.627. The number of esters is 1. The van der Waals surface area contributed by atoms with Crippen molar-refractivity contribution < 1.29 is 23.7 Å². The lowest BCUT2D eigenvalue weighted by atomic mass is 9.96. The van der Waals surface area contributed by atoms with Crippen LogP contribution in [0.3, 0.4) is 0 Å². The van der Waals surface area contributed by atoms with Gasteiger partial charge in [-0.25, -0.2) is 9.79 Å². The highest BCUT2D eigenvalue weighted by molar-refractivity contribution is 7.07. The molecule has 1 aromatic heterocycles. The molecule has 43 heavy (non-hydrogen) atoms. The Morgan fingerprint density at radius 1 is 1.02 bits per heavy atom. The molecule has 0 fully saturated rings. The fraction of sp³-hybridized carbons (Fsp3) is 0.242. The maximum absolute atomic E-state index is 13.9. The third-order valence-corrected chi connectivity index (χ3v) is 8.21. The fourth-order valence-electron chi connectivity index (χ4n) is 4.82. The number of carbonyl (C=O) groups excluding carboxylic acids is 1. The lowest BCUT2D eigenvalue weighted by Crippen LogP contribution is -2.39. The van der Waals surface area contributed by atoms with E-state index in [1.54, 1.807) is 43.7 Å². The standard InChI is InChI=1S/C33H31ClN2O6S/c1-5-40-27-17-21(11-16-26(27)42-19-23-9-7-8-10-25(23)34)18-28-31(37)36-30(22-12-14-24(39-4)15-13-22)29(32(38)41-6-2)20(3)35-33(36)43-28/h7-18,30H,5-6,19H2,1-4H3/b28-18+/t30-/m0/s1. The Hall–Kier alpha value is -4.34. The molecule has 1 aliphatic heterocycles. The van der Waals surface area contributed by atoms with Gasteiger partial charge in [-0.2, -0.15) is 0 Å². The first-order valence-corrected chi connectivity index (χ1v) is 15.0. The van der Waals surface area contributed by atoms with Crippen molar-refractivity contribution in [1.82, 2.24) is 4.57 Å². The minimum absolute atomic E-state index is 0.204. The summed E-state index contributed by atoms with van der Waals surface area (Å²) in [6, 6.07) is 19.6. The van der Waals surface area contributed by atoms with E-state index in [9.17, 15) is 9.59 Å². The van der Waals surface area contributed by atoms with Crippen LogP contribution in [-0.4, -0.2) is 30.9 Å². The van der Waals surface area contributed by atoms with Crippen LogP contribution in [-0.2, 0) is 16.1 Å². The van der Waals surface area contributed by atoms with Crippen LogP contribution in [0, 0.1) is 0 Å². The summed E-state index contributed by atoms with van der Waals surface area (Å²) in [5.41, 5.74) is 2.91. The Kier molecular flexibility index (Phi) is 9.33. The molecule has 1 atom stereocenters. The largest absolute Gasteiger partial charge is 0.497 e. The summed E-state index contributed by atoms with van der Waals surface area (Å²) in [4.78, 5) is 32.2. The highest BCUT2D eigenvalue weighted by Crippen LogP contribution is 2.32. The van der Waals surface area contributed by atoms with Crippen LogP contribution in [0.4, 0.5) is 0 Å². The van der Waals surface area contributed by atoms with Crippen molar-refractivity contribution in [2.75, 3.05) is 20.3 Å². The monoisotopic (exact) mass is 618 g/mol. The molecule has 3 aromatic carbocycles. The number of nitrogens with zero attached hydrogens (tertiary/aromatic N) is 2. The zero-order valence-electron chi connectivity index (χ0n) is 24.3. The Bertz CT molecular complexity index is 1860. The second-order valence-corrected chi connectivity index (χ2v) is 11.0. The zero-order valence-corrected chi connectivity index (χ0v) is 25.8. The first kappa shape index (κ1) is 30.1. The van der Waals surface area contributed by atoms with Crippen molar-refractivity contribution in [2.45, 2.75) is 33.4 Å². The van der Waals surface area contributed by atoms with Gasteiger partial charge in [0.1, 0.15) is 12.4 Å². The van der Waals surface area contributed by atoms with Gasteiger partial charge < -0.3 is 18.9 Å². The summed E-state index contributed by atoms with van der Waals surface area (Å²) in [5.74, 6) is 1.27. The van der Waals surface area contributed by atoms with Crippen LogP contribution in [0.2, 0.25) is 5.02 Å². The maximum Gasteiger partial charge on any atom is 0.338 e. The van der Waals surface area contributed by atoms with E-state index < -0.39 is 12.0 Å². The van der Waals surface area contributed by atoms with E-state index >= 15 is 0 Å². The molecule has 0 N–H and O–H groups in total. The van der Waals surface area contributed by atoms with Crippen LogP contribution < -0.4 is 29.1 Å². The number of ether oxygens (including phenoxy) is 4. The third kappa shape index (κ3) is 6.38. The van der Waals surface area contributed by atoms with E-state index in [4.69, 9.17) is 30.5 Å². The van der Waals surface area contributed by atoms with Gasteiger partial charge >= 0.3 is 5.97 Å². The Labute approximate surface area is 258 Å². The van der Waals surface area contributed by atoms with Gasteiger partial charge in [0.05, 0.1) is 42.2 Å². The van der Waals surface area contributed by atoms with E-state index in [-0.39, 0.29) is 18.8 Å². The van der Waals surface area contributed by atoms with Gasteiger partial charge in [0.15, 0.2) is 16.3 Å². The third-order valence-electron chi connectivity index (χ3n) is 6.85. The molecule has 0 saturated heterocycles. The molecule has 4 aromatic rings. The van der Waals surface area contributed by atoms with Crippen molar-refractivity contribution in [3.63, 3.8) is 0 Å². The average Bonchev–Trinajstić information content (AvgIpc) is 3.30. The molecule has 0 unspecified atom stereocenters. The SMILES string of the molecule is CCOC(=O)C1=C(C)N=c2s/c(=C/c3ccc(OCc4ccccc4Cl)c(OCC)c3)c(=O)n2[C@H]1c1ccc(OC)cc1. The van der Waals surface area contributed by atoms with Crippen LogP contribution in [0.1, 0.15) is 43.5 Å². The van der Waals surface area contributed by atoms with E-state index in [1.807, 2.05) is 61.5 Å². The van der Waals surface area contributed by atoms with Gasteiger partial charge in [-0.15, -0.1) is 0 Å². The molecule has 0 bridgehead atoms. The molecule has 0 radical (unpaired) electrons. The predicted octanol–water partition coefficient (Wildman–Crippen LogP) is 5.44. The van der Waals surface area contributed by atoms with Gasteiger partial charge in [0.25, 0.3) is 5.56 Å². The van der Waals surface area contributed by atoms with Crippen LogP contribution in [0.25, 0.3) is 6.08 Å². The van der Waals surface area contributed by atoms with Gasteiger partial charge in [-0.3, -0.25) is 9.36 Å². The predicted molar refractivity (Wildman–Crippen MR) is 167 cm³/mol. The van der Waals surface area contributed by atoms with Crippen molar-refractivity contribution in [3.05, 3.63) is 119 Å². The molecule has 8 nitrogen and oxygen atoms in total. The number of rotatable bonds is 10. The highest BCUT2D eigenvalue weighted by atomic mass is 35.5. The van der Waals surface area contributed by atoms with E-state index in [0.29, 0.717) is 49.5 Å². The number of fused-ring (bicyclic) bond motifs is 1. The highest BCUT2D eigenvalue weighted by Gasteiger charge is 2.33. The van der Waals surface area contributed by atoms with E-state index in [2.05, 4.69) is 4.99 Å². The Morgan fingerprint density at radius 2 is 1.79 bits per heavy atom. The zero-order chi connectivity index (χ0) is 30.5. The normalized spacial score (nSPS) is 14.6. The number of halogens is 1. The molecular weight excluding hydrogens is 588 g/mol. The summed E-state index contributed by atoms with van der Waals surface area (Å²) >= 11 is 7.55. The molecule has 2 heterocycles. The van der Waals surface area contributed by atoms with Crippen molar-refractivity contribution in [1.29, 1.82) is 0 Å². The van der Waals surface area contributed by atoms with Crippen molar-refractivity contribution in [2.24, 2.45) is 4.99 Å². The molecular formula is C33H31ClN2O6S. The van der Waals surface area contributed by atoms with Gasteiger partial charge in [-0.05, 0) is 68.3 Å². The van der Waals surface area contributed by atoms with Crippen LogP contribution in [0.5, 0.6) is 17.2 Å². The fourth-order valence-corrected chi connectivity index (χ4v) is 6.05. The number of benzene rings is 3. The lowest BCUT2D eigenvalue weighted by Gasteiger charge is -2.24. The first-order valence-electron chi connectivity index (χ1n) is 13.8. The molecule has 222 valence electrons. The number of allylic oxidation sites excluding steroid dienone is 1. The van der Waals surface area contributed by atoms with Gasteiger partial charge in [0.2, 0.25) is 0 Å².